The lowest BCUT2D eigenvalue weighted by Gasteiger charge is -2.29. The van der Waals surface area contributed by atoms with E-state index >= 15 is 0 Å². The van der Waals surface area contributed by atoms with Crippen LogP contribution >= 0.6 is 0 Å². The van der Waals surface area contributed by atoms with E-state index in [1.165, 1.54) is 7.11 Å². The molecule has 2 rings (SSSR count). The number of pyridine rings is 1. The van der Waals surface area contributed by atoms with E-state index in [2.05, 4.69) is 15.0 Å². The average molecular weight is 360 g/mol. The molecular formula is C14H21FN4O4S. The monoisotopic (exact) mass is 360 g/mol. The van der Waals surface area contributed by atoms with Gasteiger partial charge in [-0.05, 0) is 31.7 Å². The highest BCUT2D eigenvalue weighted by atomic mass is 32.2. The zero-order valence-corrected chi connectivity index (χ0v) is 14.3. The zero-order valence-electron chi connectivity index (χ0n) is 13.5. The van der Waals surface area contributed by atoms with Crippen LogP contribution in [0, 0.1) is 5.82 Å². The highest BCUT2D eigenvalue weighted by Crippen LogP contribution is 2.26. The van der Waals surface area contributed by atoms with Gasteiger partial charge in [-0.3, -0.25) is 4.79 Å². The van der Waals surface area contributed by atoms with Gasteiger partial charge in [0.05, 0.1) is 13.4 Å². The number of sulfonamides is 1. The van der Waals surface area contributed by atoms with Gasteiger partial charge >= 0.3 is 0 Å². The molecule has 1 aliphatic carbocycles. The van der Waals surface area contributed by atoms with Gasteiger partial charge in [-0.15, -0.1) is 0 Å². The molecule has 1 aromatic heterocycles. The maximum atomic E-state index is 14.1. The Kier molecular flexibility index (Phi) is 5.60. The largest absolute Gasteiger partial charge is 0.480 e. The Morgan fingerprint density at radius 2 is 1.92 bits per heavy atom. The predicted octanol–water partition coefficient (Wildman–Crippen LogP) is 0.600. The number of rotatable bonds is 6. The van der Waals surface area contributed by atoms with Crippen molar-refractivity contribution in [2.24, 2.45) is 5.73 Å². The second kappa shape index (κ2) is 7.31. The first-order chi connectivity index (χ1) is 11.2. The molecule has 0 aliphatic heterocycles. The number of nitrogens with zero attached hydrogens (tertiary/aromatic N) is 1. The maximum absolute atomic E-state index is 14.1. The second-order valence-corrected chi connectivity index (χ2v) is 7.60. The summed E-state index contributed by atoms with van der Waals surface area (Å²) in [5, 5.41) is 2.98. The van der Waals surface area contributed by atoms with Gasteiger partial charge in [-0.1, -0.05) is 0 Å². The van der Waals surface area contributed by atoms with Crippen molar-refractivity contribution in [3.63, 3.8) is 0 Å². The lowest BCUT2D eigenvalue weighted by molar-refractivity contribution is 0.0996. The summed E-state index contributed by atoms with van der Waals surface area (Å²) in [4.78, 5) is 15.2. The van der Waals surface area contributed by atoms with E-state index in [0.29, 0.717) is 25.7 Å². The number of carbonyl (C=O) groups is 1. The van der Waals surface area contributed by atoms with E-state index < -0.39 is 21.7 Å². The average Bonchev–Trinajstić information content (AvgIpc) is 2.49. The van der Waals surface area contributed by atoms with E-state index in [4.69, 9.17) is 10.5 Å². The fourth-order valence-corrected chi connectivity index (χ4v) is 3.60. The van der Waals surface area contributed by atoms with Crippen molar-refractivity contribution in [1.82, 2.24) is 9.71 Å². The molecule has 0 atom stereocenters. The molecule has 1 amide bonds. The van der Waals surface area contributed by atoms with Gasteiger partial charge in [0.1, 0.15) is 5.56 Å². The molecule has 0 bridgehead atoms. The van der Waals surface area contributed by atoms with Crippen molar-refractivity contribution in [2.75, 3.05) is 18.7 Å². The van der Waals surface area contributed by atoms with Gasteiger partial charge in [0.25, 0.3) is 5.91 Å². The van der Waals surface area contributed by atoms with E-state index in [1.54, 1.807) is 0 Å². The number of hydrogen-bond acceptors (Lipinski definition) is 6. The minimum absolute atomic E-state index is 0.0172. The molecule has 1 fully saturated rings. The van der Waals surface area contributed by atoms with Gasteiger partial charge in [-0.25, -0.2) is 17.5 Å². The van der Waals surface area contributed by atoms with Crippen LogP contribution in [0.15, 0.2) is 6.07 Å². The van der Waals surface area contributed by atoms with Gasteiger partial charge in [-0.2, -0.15) is 4.98 Å². The number of carbonyl (C=O) groups excluding carboxylic acids is 1. The number of halogens is 1. The van der Waals surface area contributed by atoms with E-state index in [0.717, 1.165) is 12.3 Å². The van der Waals surface area contributed by atoms with Crippen LogP contribution in [0.3, 0.4) is 0 Å². The van der Waals surface area contributed by atoms with Gasteiger partial charge in [0, 0.05) is 12.1 Å². The second-order valence-electron chi connectivity index (χ2n) is 5.82. The normalized spacial score (nSPS) is 21.3. The Bertz CT molecular complexity index is 718. The van der Waals surface area contributed by atoms with Crippen LogP contribution in [0.25, 0.3) is 0 Å². The molecule has 134 valence electrons. The van der Waals surface area contributed by atoms with Crippen LogP contribution in [-0.4, -0.2) is 44.8 Å². The summed E-state index contributed by atoms with van der Waals surface area (Å²) in [6.07, 6.45) is 3.73. The summed E-state index contributed by atoms with van der Waals surface area (Å²) in [5.41, 5.74) is 5.03. The molecule has 1 aliphatic rings. The number of nitrogens with one attached hydrogen (secondary N) is 2. The molecule has 1 saturated carbocycles. The molecule has 8 nitrogen and oxygen atoms in total. The number of methoxy groups -OCH3 is 1. The van der Waals surface area contributed by atoms with E-state index in [-0.39, 0.29) is 29.3 Å². The SMILES string of the molecule is COc1nc(NC2CCC(NS(C)(=O)=O)CC2)c(F)cc1C(N)=O. The van der Waals surface area contributed by atoms with Crippen LogP contribution in [0.1, 0.15) is 36.0 Å². The highest BCUT2D eigenvalue weighted by Gasteiger charge is 2.25. The molecule has 0 unspecified atom stereocenters. The van der Waals surface area contributed by atoms with Crippen LogP contribution < -0.4 is 20.5 Å². The summed E-state index contributed by atoms with van der Waals surface area (Å²) >= 11 is 0. The number of ether oxygens (including phenoxy) is 1. The first kappa shape index (κ1) is 18.4. The Hall–Kier alpha value is -1.94. The summed E-state index contributed by atoms with van der Waals surface area (Å²) < 4.78 is 44.1. The first-order valence-corrected chi connectivity index (χ1v) is 9.37. The van der Waals surface area contributed by atoms with Crippen molar-refractivity contribution in [3.8, 4) is 5.88 Å². The number of amides is 1. The first-order valence-electron chi connectivity index (χ1n) is 7.47. The standard InChI is InChI=1S/C14H21FN4O4S/c1-23-14-10(12(16)20)7-11(15)13(18-14)17-8-3-5-9(6-4-8)19-24(2,21)22/h7-9,19H,3-6H2,1-2H3,(H2,16,20)(H,17,18). The lowest BCUT2D eigenvalue weighted by atomic mass is 9.92. The molecule has 1 heterocycles. The molecule has 10 heteroatoms. The van der Waals surface area contributed by atoms with Crippen molar-refractivity contribution < 1.29 is 22.3 Å². The van der Waals surface area contributed by atoms with Gasteiger partial charge in [0.2, 0.25) is 15.9 Å². The van der Waals surface area contributed by atoms with E-state index in [1.807, 2.05) is 0 Å². The number of anilines is 1. The van der Waals surface area contributed by atoms with Crippen molar-refractivity contribution in [1.29, 1.82) is 0 Å². The lowest BCUT2D eigenvalue weighted by Crippen LogP contribution is -2.39. The Morgan fingerprint density at radius 1 is 1.33 bits per heavy atom. The Balaban J connectivity index is 2.04. The van der Waals surface area contributed by atoms with Crippen LogP contribution in [0.4, 0.5) is 10.2 Å². The third-order valence-electron chi connectivity index (χ3n) is 3.85. The number of aromatic nitrogens is 1. The van der Waals surface area contributed by atoms with Crippen molar-refractivity contribution in [2.45, 2.75) is 37.8 Å². The minimum atomic E-state index is -3.23. The molecule has 4 N–H and O–H groups in total. The smallest absolute Gasteiger partial charge is 0.254 e. The predicted molar refractivity (Wildman–Crippen MR) is 86.9 cm³/mol. The fourth-order valence-electron chi connectivity index (χ4n) is 2.76. The molecular weight excluding hydrogens is 339 g/mol. The minimum Gasteiger partial charge on any atom is -0.480 e. The van der Waals surface area contributed by atoms with Gasteiger partial charge < -0.3 is 15.8 Å². The zero-order chi connectivity index (χ0) is 17.9. The highest BCUT2D eigenvalue weighted by molar-refractivity contribution is 7.88. The molecule has 24 heavy (non-hydrogen) atoms. The third-order valence-corrected chi connectivity index (χ3v) is 4.61. The number of nitrogens with two attached hydrogens (primary N) is 1. The van der Waals surface area contributed by atoms with Crippen molar-refractivity contribution in [3.05, 3.63) is 17.4 Å². The Labute approximate surface area is 140 Å². The molecule has 0 spiro atoms. The van der Waals surface area contributed by atoms with Crippen LogP contribution in [-0.2, 0) is 10.0 Å². The number of primary amides is 1. The fraction of sp³-hybridized carbons (Fsp3) is 0.571. The summed E-state index contributed by atoms with van der Waals surface area (Å²) in [5.74, 6) is -1.58. The summed E-state index contributed by atoms with van der Waals surface area (Å²) in [6, 6.07) is 0.837. The van der Waals surface area contributed by atoms with Crippen LogP contribution in [0.5, 0.6) is 5.88 Å². The molecule has 0 aromatic carbocycles. The van der Waals surface area contributed by atoms with Crippen molar-refractivity contribution >= 4 is 21.7 Å². The maximum Gasteiger partial charge on any atom is 0.254 e. The molecule has 0 radical (unpaired) electrons. The van der Waals surface area contributed by atoms with E-state index in [9.17, 15) is 17.6 Å². The topological polar surface area (TPSA) is 123 Å². The Morgan fingerprint density at radius 3 is 2.42 bits per heavy atom. The summed E-state index contributed by atoms with van der Waals surface area (Å²) in [6.45, 7) is 0. The van der Waals surface area contributed by atoms with Crippen LogP contribution in [0.2, 0.25) is 0 Å². The molecule has 1 aromatic rings. The quantitative estimate of drug-likeness (QED) is 0.683. The third kappa shape index (κ3) is 4.78. The number of hydrogen-bond donors (Lipinski definition) is 3. The van der Waals surface area contributed by atoms with Gasteiger partial charge in [0.15, 0.2) is 11.6 Å². The molecule has 0 saturated heterocycles. The summed E-state index contributed by atoms with van der Waals surface area (Å²) in [7, 11) is -1.91.